The Bertz CT molecular complexity index is 1560. The first-order valence-electron chi connectivity index (χ1n) is 12.2. The zero-order valence-corrected chi connectivity index (χ0v) is 21.5. The number of fused-ring (bicyclic) bond motifs is 1. The zero-order valence-electron chi connectivity index (χ0n) is 20.6. The third-order valence-electron chi connectivity index (χ3n) is 6.54. The van der Waals surface area contributed by atoms with Crippen LogP contribution >= 0.6 is 11.5 Å². The molecule has 0 saturated carbocycles. The number of methoxy groups -OCH3 is 2. The van der Waals surface area contributed by atoms with Crippen molar-refractivity contribution >= 4 is 33.7 Å². The average molecular weight is 511 g/mol. The van der Waals surface area contributed by atoms with Crippen LogP contribution in [0.1, 0.15) is 31.2 Å². The highest BCUT2D eigenvalue weighted by Crippen LogP contribution is 2.43. The lowest BCUT2D eigenvalue weighted by Crippen LogP contribution is -2.06. The third-order valence-corrected chi connectivity index (χ3v) is 7.12. The van der Waals surface area contributed by atoms with Crippen LogP contribution in [0.2, 0.25) is 0 Å². The molecule has 0 radical (unpaired) electrons. The fraction of sp³-hybridized carbons (Fsp3) is 0.214. The maximum Gasteiger partial charge on any atom is 0.228 e. The number of benzene rings is 2. The van der Waals surface area contributed by atoms with Crippen molar-refractivity contribution in [2.24, 2.45) is 0 Å². The third kappa shape index (κ3) is 4.31. The molecule has 0 aliphatic heterocycles. The van der Waals surface area contributed by atoms with Gasteiger partial charge < -0.3 is 14.8 Å². The van der Waals surface area contributed by atoms with E-state index in [1.807, 2.05) is 47.0 Å². The molecular weight excluding hydrogens is 484 g/mol. The van der Waals surface area contributed by atoms with Crippen LogP contribution in [-0.2, 0) is 0 Å². The van der Waals surface area contributed by atoms with E-state index in [-0.39, 0.29) is 0 Å². The Labute approximate surface area is 218 Å². The Hall–Kier alpha value is -4.24. The molecule has 3 heterocycles. The second-order valence-corrected chi connectivity index (χ2v) is 9.52. The van der Waals surface area contributed by atoms with Gasteiger partial charge in [-0.2, -0.15) is 14.0 Å². The van der Waals surface area contributed by atoms with Gasteiger partial charge in [0.15, 0.2) is 5.65 Å². The van der Waals surface area contributed by atoms with E-state index in [1.165, 1.54) is 29.9 Å². The molecule has 6 rings (SSSR count). The summed E-state index contributed by atoms with van der Waals surface area (Å²) in [6, 6.07) is 18.1. The van der Waals surface area contributed by atoms with E-state index >= 15 is 0 Å². The Morgan fingerprint density at radius 1 is 0.919 bits per heavy atom. The van der Waals surface area contributed by atoms with Crippen LogP contribution in [0.3, 0.4) is 0 Å². The first-order chi connectivity index (χ1) is 18.3. The molecule has 0 unspecified atom stereocenters. The van der Waals surface area contributed by atoms with Gasteiger partial charge in [0.2, 0.25) is 11.0 Å². The fourth-order valence-corrected chi connectivity index (χ4v) is 5.24. The summed E-state index contributed by atoms with van der Waals surface area (Å²) in [4.78, 5) is 9.51. The average Bonchev–Trinajstić information content (AvgIpc) is 3.61. The largest absolute Gasteiger partial charge is 0.497 e. The topological polar surface area (TPSA) is 86.5 Å². The Morgan fingerprint density at radius 3 is 2.43 bits per heavy atom. The molecule has 2 aromatic carbocycles. The van der Waals surface area contributed by atoms with E-state index in [0.717, 1.165) is 58.6 Å². The summed E-state index contributed by atoms with van der Waals surface area (Å²) in [5, 5.41) is 9.13. The molecule has 9 heteroatoms. The molecule has 1 aliphatic rings. The van der Waals surface area contributed by atoms with Crippen LogP contribution in [0.15, 0.2) is 67.0 Å². The van der Waals surface area contributed by atoms with Crippen molar-refractivity contribution in [3.63, 3.8) is 0 Å². The Balaban J connectivity index is 1.67. The molecule has 5 aromatic rings. The number of hydrogen-bond acceptors (Lipinski definition) is 8. The van der Waals surface area contributed by atoms with Gasteiger partial charge in [0.1, 0.15) is 23.6 Å². The molecule has 0 saturated heterocycles. The minimum absolute atomic E-state index is 0.585. The fourth-order valence-electron chi connectivity index (χ4n) is 4.81. The van der Waals surface area contributed by atoms with Gasteiger partial charge >= 0.3 is 0 Å². The lowest BCUT2D eigenvalue weighted by Gasteiger charge is -2.17. The summed E-state index contributed by atoms with van der Waals surface area (Å²) in [6.07, 6.45) is 8.25. The molecule has 8 nitrogen and oxygen atoms in total. The van der Waals surface area contributed by atoms with Crippen LogP contribution in [0, 0.1) is 0 Å². The van der Waals surface area contributed by atoms with Gasteiger partial charge in [-0.1, -0.05) is 48.5 Å². The molecule has 0 fully saturated rings. The van der Waals surface area contributed by atoms with Gasteiger partial charge in [0.05, 0.1) is 25.3 Å². The van der Waals surface area contributed by atoms with Crippen LogP contribution < -0.4 is 14.8 Å². The second-order valence-electron chi connectivity index (χ2n) is 8.74. The number of nitrogens with one attached hydrogen (secondary N) is 1. The molecular formula is C28H26N6O2S. The van der Waals surface area contributed by atoms with E-state index in [4.69, 9.17) is 19.6 Å². The highest BCUT2D eigenvalue weighted by molar-refractivity contribution is 7.09. The normalized spacial score (nSPS) is 13.4. The predicted molar refractivity (Wildman–Crippen MR) is 147 cm³/mol. The standard InChI is InChI=1S/C28H26N6O2S/c1-35-21-15-13-19(14-16-21)23-25(32-28-29-17-30-37-28)31-26-22(18-9-5-3-6-10-18)24(20-11-7-4-8-12-20)33-34(26)27(23)36-2/h4,7-9,11-17H,3,5-6,10H2,1-2H3,(H,29,30,31,32). The van der Waals surface area contributed by atoms with Crippen molar-refractivity contribution in [3.8, 4) is 34.0 Å². The number of anilines is 2. The van der Waals surface area contributed by atoms with Crippen LogP contribution in [0.25, 0.3) is 33.6 Å². The zero-order chi connectivity index (χ0) is 25.2. The van der Waals surface area contributed by atoms with E-state index < -0.39 is 0 Å². The van der Waals surface area contributed by atoms with E-state index in [2.05, 4.69) is 32.9 Å². The highest BCUT2D eigenvalue weighted by atomic mass is 32.1. The van der Waals surface area contributed by atoms with Gasteiger partial charge in [-0.3, -0.25) is 0 Å². The number of aromatic nitrogens is 5. The lowest BCUT2D eigenvalue weighted by molar-refractivity contribution is 0.387. The summed E-state index contributed by atoms with van der Waals surface area (Å²) >= 11 is 1.27. The Morgan fingerprint density at radius 2 is 1.76 bits per heavy atom. The predicted octanol–water partition coefficient (Wildman–Crippen LogP) is 6.63. The Kier molecular flexibility index (Phi) is 6.28. The van der Waals surface area contributed by atoms with Crippen molar-refractivity contribution in [1.82, 2.24) is 24.0 Å². The quantitative estimate of drug-likeness (QED) is 0.263. The molecule has 186 valence electrons. The molecule has 1 aliphatic carbocycles. The van der Waals surface area contributed by atoms with Gasteiger partial charge in [0.25, 0.3) is 0 Å². The molecule has 0 atom stereocenters. The summed E-state index contributed by atoms with van der Waals surface area (Å²) in [7, 11) is 3.32. The van der Waals surface area contributed by atoms with Crippen LogP contribution in [0.4, 0.5) is 10.9 Å². The maximum absolute atomic E-state index is 6.06. The molecule has 1 N–H and O–H groups in total. The number of rotatable bonds is 7. The van der Waals surface area contributed by atoms with Gasteiger partial charge in [-0.05, 0) is 49.0 Å². The van der Waals surface area contributed by atoms with Crippen LogP contribution in [0.5, 0.6) is 11.6 Å². The first-order valence-corrected chi connectivity index (χ1v) is 13.0. The highest BCUT2D eigenvalue weighted by Gasteiger charge is 2.27. The maximum atomic E-state index is 6.06. The number of nitrogens with zero attached hydrogens (tertiary/aromatic N) is 5. The monoisotopic (exact) mass is 510 g/mol. The van der Waals surface area contributed by atoms with Gasteiger partial charge in [0, 0.05) is 17.1 Å². The number of allylic oxidation sites excluding steroid dienone is 2. The van der Waals surface area contributed by atoms with E-state index in [9.17, 15) is 0 Å². The van der Waals surface area contributed by atoms with Crippen molar-refractivity contribution in [2.75, 3.05) is 19.5 Å². The molecule has 0 spiro atoms. The van der Waals surface area contributed by atoms with Gasteiger partial charge in [-0.15, -0.1) is 0 Å². The molecule has 0 amide bonds. The lowest BCUT2D eigenvalue weighted by atomic mass is 9.92. The molecule has 37 heavy (non-hydrogen) atoms. The minimum Gasteiger partial charge on any atom is -0.497 e. The number of ether oxygens (including phenoxy) is 2. The minimum atomic E-state index is 0.585. The van der Waals surface area contributed by atoms with Crippen molar-refractivity contribution in [1.29, 1.82) is 0 Å². The summed E-state index contributed by atoms with van der Waals surface area (Å²) < 4.78 is 17.4. The van der Waals surface area contributed by atoms with E-state index in [0.29, 0.717) is 16.8 Å². The molecule has 0 bridgehead atoms. The van der Waals surface area contributed by atoms with Crippen molar-refractivity contribution < 1.29 is 9.47 Å². The van der Waals surface area contributed by atoms with Crippen molar-refractivity contribution in [2.45, 2.75) is 25.7 Å². The van der Waals surface area contributed by atoms with Crippen molar-refractivity contribution in [3.05, 3.63) is 72.6 Å². The van der Waals surface area contributed by atoms with E-state index in [1.54, 1.807) is 14.2 Å². The number of hydrogen-bond donors (Lipinski definition) is 1. The summed E-state index contributed by atoms with van der Waals surface area (Å²) in [5.41, 5.74) is 6.69. The van der Waals surface area contributed by atoms with Crippen LogP contribution in [-0.4, -0.2) is 38.2 Å². The second kappa shape index (κ2) is 10.0. The first kappa shape index (κ1) is 23.2. The smallest absolute Gasteiger partial charge is 0.228 e. The molecule has 3 aromatic heterocycles. The summed E-state index contributed by atoms with van der Waals surface area (Å²) in [6.45, 7) is 0. The SMILES string of the molecule is COc1ccc(-c2c(Nc3ncns3)nc3c(C4=CCCCC4)c(-c4ccccc4)nn3c2OC)cc1. The summed E-state index contributed by atoms with van der Waals surface area (Å²) in [5.74, 6) is 1.98. The van der Waals surface area contributed by atoms with Gasteiger partial charge in [-0.25, -0.2) is 9.97 Å².